The molecule has 4 rings (SSSR count). The van der Waals surface area contributed by atoms with Gasteiger partial charge >= 0.3 is 0 Å². The van der Waals surface area contributed by atoms with E-state index in [1.54, 1.807) is 24.4 Å². The lowest BCUT2D eigenvalue weighted by Gasteiger charge is -2.21. The number of anilines is 1. The molecule has 4 aromatic rings. The first-order chi connectivity index (χ1) is 20.6. The predicted molar refractivity (Wildman–Crippen MR) is 138 cm³/mol. The Morgan fingerprint density at radius 2 is 2.05 bits per heavy atom. The predicted octanol–water partition coefficient (Wildman–Crippen LogP) is 3.24. The van der Waals surface area contributed by atoms with Gasteiger partial charge in [0.2, 0.25) is 5.91 Å². The molecule has 0 aliphatic rings. The summed E-state index contributed by atoms with van der Waals surface area (Å²) in [5, 5.41) is 15.4. The van der Waals surface area contributed by atoms with Crippen LogP contribution in [-0.4, -0.2) is 50.6 Å². The number of hydrogen-bond donors (Lipinski definition) is 2. The molecule has 0 aliphatic heterocycles. The number of benzene rings is 2. The molecule has 38 heavy (non-hydrogen) atoms. The normalized spacial score (nSPS) is 14.6. The molecule has 2 amide bonds. The van der Waals surface area contributed by atoms with Gasteiger partial charge in [-0.3, -0.25) is 19.0 Å². The van der Waals surface area contributed by atoms with E-state index in [9.17, 15) is 18.8 Å². The van der Waals surface area contributed by atoms with Gasteiger partial charge < -0.3 is 15.4 Å². The molecule has 11 nitrogen and oxygen atoms in total. The highest BCUT2D eigenvalue weighted by atomic mass is 35.5. The van der Waals surface area contributed by atoms with Crippen molar-refractivity contribution in [2.24, 2.45) is 0 Å². The van der Waals surface area contributed by atoms with E-state index in [1.807, 2.05) is 0 Å². The third-order valence-electron chi connectivity index (χ3n) is 5.62. The van der Waals surface area contributed by atoms with Crippen LogP contribution in [0.25, 0.3) is 16.8 Å². The van der Waals surface area contributed by atoms with E-state index < -0.39 is 48.8 Å². The summed E-state index contributed by atoms with van der Waals surface area (Å²) in [6, 6.07) is 7.39. The molecule has 0 bridgehead atoms. The molecular formula is C25H23ClFN7O4. The fraction of sp³-hybridized carbons (Fsp3) is 0.200. The van der Waals surface area contributed by atoms with E-state index in [0.29, 0.717) is 5.69 Å². The maximum Gasteiger partial charge on any atom is 0.253 e. The van der Waals surface area contributed by atoms with Crippen molar-refractivity contribution >= 4 is 29.1 Å². The molecule has 0 fully saturated rings. The molecule has 196 valence electrons. The topological polar surface area (TPSA) is 133 Å². The lowest BCUT2D eigenvalue weighted by molar-refractivity contribution is -0.119. The number of hydrogen-bond acceptors (Lipinski definition) is 7. The zero-order chi connectivity index (χ0) is 32.4. The lowest BCUT2D eigenvalue weighted by atomic mass is 10.0. The molecule has 0 unspecified atom stereocenters. The molecule has 0 spiro atoms. The molecule has 13 heteroatoms. The maximum atomic E-state index is 14.6. The Morgan fingerprint density at radius 3 is 2.74 bits per heavy atom. The number of ether oxygens (including phenoxy) is 1. The molecule has 2 N–H and O–H groups in total. The summed E-state index contributed by atoms with van der Waals surface area (Å²) >= 11 is 6.22. The monoisotopic (exact) mass is 545 g/mol. The van der Waals surface area contributed by atoms with Gasteiger partial charge in [-0.2, -0.15) is 4.68 Å². The van der Waals surface area contributed by atoms with Gasteiger partial charge in [0.25, 0.3) is 11.5 Å². The van der Waals surface area contributed by atoms with Gasteiger partial charge in [0.15, 0.2) is 0 Å². The van der Waals surface area contributed by atoms with E-state index in [-0.39, 0.29) is 34.0 Å². The highest BCUT2D eigenvalue weighted by Gasteiger charge is 2.24. The second kappa shape index (κ2) is 11.2. The van der Waals surface area contributed by atoms with Crippen molar-refractivity contribution in [3.8, 4) is 22.6 Å². The number of carbonyl (C=O) groups excluding carboxylic acids is 2. The number of tetrazole rings is 1. The second-order valence-corrected chi connectivity index (χ2v) is 8.31. The zero-order valence-corrected chi connectivity index (χ0v) is 20.4. The van der Waals surface area contributed by atoms with Crippen LogP contribution in [-0.2, 0) is 4.79 Å². The highest BCUT2D eigenvalue weighted by molar-refractivity contribution is 6.31. The van der Waals surface area contributed by atoms with E-state index in [4.69, 9.17) is 24.6 Å². The van der Waals surface area contributed by atoms with Gasteiger partial charge in [-0.15, -0.1) is 5.10 Å². The van der Waals surface area contributed by atoms with Crippen LogP contribution >= 0.6 is 11.6 Å². The molecule has 2 aromatic carbocycles. The van der Waals surface area contributed by atoms with Crippen molar-refractivity contribution in [2.75, 3.05) is 19.3 Å². The number of halogens is 2. The van der Waals surface area contributed by atoms with Crippen LogP contribution < -0.4 is 20.9 Å². The van der Waals surface area contributed by atoms with Crippen molar-refractivity contribution in [3.05, 3.63) is 81.7 Å². The Morgan fingerprint density at radius 1 is 1.21 bits per heavy atom. The Bertz CT molecular complexity index is 1760. The molecular weight excluding hydrogens is 517 g/mol. The van der Waals surface area contributed by atoms with Gasteiger partial charge in [0.1, 0.15) is 23.9 Å². The zero-order valence-electron chi connectivity index (χ0n) is 25.6. The van der Waals surface area contributed by atoms with Crippen LogP contribution in [0.3, 0.4) is 0 Å². The smallest absolute Gasteiger partial charge is 0.253 e. The summed E-state index contributed by atoms with van der Waals surface area (Å²) in [6.45, 7) is -1.25. The number of nitrogens with zero attached hydrogens (tertiary/aromatic N) is 5. The summed E-state index contributed by atoms with van der Waals surface area (Å²) < 4.78 is 66.4. The second-order valence-electron chi connectivity index (χ2n) is 7.88. The molecule has 2 aromatic heterocycles. The van der Waals surface area contributed by atoms with Gasteiger partial charge in [-0.05, 0) is 53.2 Å². The summed E-state index contributed by atoms with van der Waals surface area (Å²) in [5.41, 5.74) is -0.751. The van der Waals surface area contributed by atoms with Crippen molar-refractivity contribution in [1.82, 2.24) is 30.1 Å². The van der Waals surface area contributed by atoms with Crippen LogP contribution in [0.4, 0.5) is 10.1 Å². The number of pyridine rings is 1. The molecule has 0 aliphatic carbocycles. The van der Waals surface area contributed by atoms with Gasteiger partial charge in [-0.25, -0.2) is 4.39 Å². The van der Waals surface area contributed by atoms with Crippen LogP contribution in [0, 0.1) is 5.82 Å². The minimum absolute atomic E-state index is 0.0265. The first-order valence-corrected chi connectivity index (χ1v) is 11.4. The number of methoxy groups -OCH3 is 1. The number of carbonyl (C=O) groups is 2. The standard InChI is InChI=1S/C25H23ClFN7O4/c1-4-20(25(37)30-15-6-7-16(19(27)10-15)24(36)28-2)33-12-22(38-3)18(11-23(33)35)17-9-14(26)5-8-21(17)34-13-29-31-32-34/h5-13,20H,4H2,1-3H3,(H,28,36)(H,30,37)/t20-/m0/s1/i2D3,3D3. The molecule has 2 heterocycles. The fourth-order valence-electron chi connectivity index (χ4n) is 3.84. The number of nitrogens with one attached hydrogen (secondary N) is 2. The SMILES string of the molecule is [2H]C([2H])([2H])NC(=O)c1ccc(NC(=O)[C@H](CC)n2cc(OC([2H])([2H])[2H])c(-c3cc(Cl)ccc3-n3cnnn3)cc2=O)cc1F. The van der Waals surface area contributed by atoms with Gasteiger partial charge in [-0.1, -0.05) is 18.5 Å². The number of aromatic nitrogens is 5. The van der Waals surface area contributed by atoms with Crippen molar-refractivity contribution in [3.63, 3.8) is 0 Å². The third-order valence-corrected chi connectivity index (χ3v) is 5.85. The largest absolute Gasteiger partial charge is 0.495 e. The molecule has 0 radical (unpaired) electrons. The van der Waals surface area contributed by atoms with E-state index in [2.05, 4.69) is 20.8 Å². The summed E-state index contributed by atoms with van der Waals surface area (Å²) in [4.78, 5) is 38.7. The Balaban J connectivity index is 1.72. The van der Waals surface area contributed by atoms with Crippen LogP contribution in [0.2, 0.25) is 5.02 Å². The highest BCUT2D eigenvalue weighted by Crippen LogP contribution is 2.35. The molecule has 0 saturated carbocycles. The van der Waals surface area contributed by atoms with E-state index in [1.165, 1.54) is 23.1 Å². The number of amides is 2. The lowest BCUT2D eigenvalue weighted by Crippen LogP contribution is -2.32. The van der Waals surface area contributed by atoms with E-state index >= 15 is 0 Å². The first-order valence-electron chi connectivity index (χ1n) is 14.0. The average Bonchev–Trinajstić information content (AvgIpc) is 3.43. The fourth-order valence-corrected chi connectivity index (χ4v) is 4.01. The minimum atomic E-state index is -2.96. The van der Waals surface area contributed by atoms with Crippen molar-refractivity contribution < 1.29 is 26.9 Å². The third kappa shape index (κ3) is 5.25. The van der Waals surface area contributed by atoms with Gasteiger partial charge in [0, 0.05) is 39.0 Å². The quantitative estimate of drug-likeness (QED) is 0.347. The maximum absolute atomic E-state index is 14.6. The van der Waals surface area contributed by atoms with Crippen LogP contribution in [0.15, 0.2) is 59.8 Å². The van der Waals surface area contributed by atoms with Crippen molar-refractivity contribution in [1.29, 1.82) is 0 Å². The Labute approximate surface area is 229 Å². The summed E-state index contributed by atoms with van der Waals surface area (Å²) in [7, 11) is -2.96. The molecule has 0 saturated heterocycles. The van der Waals surface area contributed by atoms with E-state index in [0.717, 1.165) is 29.0 Å². The number of rotatable bonds is 8. The minimum Gasteiger partial charge on any atom is -0.495 e. The Hall–Kier alpha value is -4.58. The summed E-state index contributed by atoms with van der Waals surface area (Å²) in [6.07, 6.45) is 2.39. The van der Waals surface area contributed by atoms with Gasteiger partial charge in [0.05, 0.1) is 28.6 Å². The van der Waals surface area contributed by atoms with Crippen LogP contribution in [0.1, 0.15) is 38.0 Å². The average molecular weight is 546 g/mol. The summed E-state index contributed by atoms with van der Waals surface area (Å²) in [5.74, 6) is -3.35. The Kier molecular flexibility index (Phi) is 5.76. The van der Waals surface area contributed by atoms with Crippen molar-refractivity contribution in [2.45, 2.75) is 19.4 Å². The molecule has 1 atom stereocenters. The first kappa shape index (κ1) is 19.5. The van der Waals surface area contributed by atoms with Crippen LogP contribution in [0.5, 0.6) is 5.75 Å².